The van der Waals surface area contributed by atoms with Crippen LogP contribution in [0.2, 0.25) is 0 Å². The predicted molar refractivity (Wildman–Crippen MR) is 141 cm³/mol. The Kier molecular flexibility index (Phi) is 6.79. The summed E-state index contributed by atoms with van der Waals surface area (Å²) in [5, 5.41) is 29.4. The molecule has 1 saturated carbocycles. The second-order valence-electron chi connectivity index (χ2n) is 10.3. The number of nitrogens with zero attached hydrogens (tertiary/aromatic N) is 4. The molecule has 5 N–H and O–H groups in total. The molecule has 1 aliphatic heterocycles. The van der Waals surface area contributed by atoms with Crippen molar-refractivity contribution in [2.75, 3.05) is 23.8 Å². The Morgan fingerprint density at radius 1 is 0.974 bits per heavy atom. The van der Waals surface area contributed by atoms with Crippen LogP contribution in [0.15, 0.2) is 36.5 Å². The van der Waals surface area contributed by atoms with E-state index in [1.54, 1.807) is 6.20 Å². The van der Waals surface area contributed by atoms with Gasteiger partial charge in [0.25, 0.3) is 0 Å². The largest absolute Gasteiger partial charge is 0.380 e. The van der Waals surface area contributed by atoms with Crippen molar-refractivity contribution in [2.24, 2.45) is 0 Å². The number of nitriles is 1. The summed E-state index contributed by atoms with van der Waals surface area (Å²) >= 11 is 0. The number of hydrogen-bond acceptors (Lipinski definition) is 8. The molecule has 1 unspecified atom stereocenters. The van der Waals surface area contributed by atoms with Gasteiger partial charge in [-0.3, -0.25) is 5.10 Å². The highest BCUT2D eigenvalue weighted by Gasteiger charge is 2.27. The van der Waals surface area contributed by atoms with E-state index < -0.39 is 0 Å². The zero-order valence-corrected chi connectivity index (χ0v) is 21.0. The van der Waals surface area contributed by atoms with Crippen LogP contribution in [0.3, 0.4) is 0 Å². The van der Waals surface area contributed by atoms with Crippen LogP contribution in [0.1, 0.15) is 54.0 Å². The van der Waals surface area contributed by atoms with Gasteiger partial charge in [-0.1, -0.05) is 6.07 Å². The lowest BCUT2D eigenvalue weighted by atomic mass is 9.91. The van der Waals surface area contributed by atoms with Crippen molar-refractivity contribution in [1.29, 1.82) is 5.26 Å². The standard InChI is InChI=1S/C27H31N9O2/c28-13-16-1-2-17-10-22(11-18(17)9-16)32-27(37)31-21-5-3-20(4-6-21)30-26-29-8-7-24(34-26)33-25-12-23(35-36-25)19-14-38-15-19/h1-2,7-9,12,19-22H,3-6,10-11,14-15H2,(H2,31,32,37)(H3,29,30,33,34,35,36)/t20-,21-,22?. The highest BCUT2D eigenvalue weighted by molar-refractivity contribution is 5.75. The maximum Gasteiger partial charge on any atom is 0.315 e. The fourth-order valence-corrected chi connectivity index (χ4v) is 5.42. The van der Waals surface area contributed by atoms with E-state index >= 15 is 0 Å². The first kappa shape index (κ1) is 24.2. The van der Waals surface area contributed by atoms with Crippen molar-refractivity contribution < 1.29 is 9.53 Å². The van der Waals surface area contributed by atoms with Gasteiger partial charge >= 0.3 is 6.03 Å². The van der Waals surface area contributed by atoms with Gasteiger partial charge in [-0.2, -0.15) is 15.3 Å². The number of ether oxygens (including phenoxy) is 1. The molecule has 38 heavy (non-hydrogen) atoms. The third kappa shape index (κ3) is 5.55. The first-order valence-electron chi connectivity index (χ1n) is 13.2. The number of anilines is 3. The minimum atomic E-state index is -0.117. The van der Waals surface area contributed by atoms with Crippen molar-refractivity contribution in [3.05, 3.63) is 58.9 Å². The molecule has 0 spiro atoms. The number of carbonyl (C=O) groups excluding carboxylic acids is 1. The molecular formula is C27H31N9O2. The molecule has 2 aliphatic carbocycles. The molecule has 3 aromatic rings. The van der Waals surface area contributed by atoms with E-state index in [-0.39, 0.29) is 24.2 Å². The zero-order valence-electron chi connectivity index (χ0n) is 21.0. The Bertz CT molecular complexity index is 1340. The van der Waals surface area contributed by atoms with E-state index in [0.717, 1.165) is 68.8 Å². The summed E-state index contributed by atoms with van der Waals surface area (Å²) in [6.45, 7) is 1.46. The number of amides is 2. The predicted octanol–water partition coefficient (Wildman–Crippen LogP) is 3.12. The first-order chi connectivity index (χ1) is 18.6. The Labute approximate surface area is 220 Å². The highest BCUT2D eigenvalue weighted by Crippen LogP contribution is 2.26. The van der Waals surface area contributed by atoms with Crippen molar-refractivity contribution in [1.82, 2.24) is 30.8 Å². The lowest BCUT2D eigenvalue weighted by Crippen LogP contribution is -2.48. The number of hydrogen-bond donors (Lipinski definition) is 5. The molecule has 0 bridgehead atoms. The number of nitrogens with one attached hydrogen (secondary N) is 5. The average molecular weight is 514 g/mol. The Morgan fingerprint density at radius 3 is 2.55 bits per heavy atom. The average Bonchev–Trinajstić information content (AvgIpc) is 3.50. The summed E-state index contributed by atoms with van der Waals surface area (Å²) in [6.07, 6.45) is 6.91. The van der Waals surface area contributed by atoms with Gasteiger partial charge in [-0.05, 0) is 67.9 Å². The third-order valence-corrected chi connectivity index (χ3v) is 7.59. The van der Waals surface area contributed by atoms with Gasteiger partial charge in [0, 0.05) is 42.0 Å². The number of aromatic amines is 1. The normalized spacial score (nSPS) is 22.6. The van der Waals surface area contributed by atoms with Crippen LogP contribution >= 0.6 is 0 Å². The molecule has 1 saturated heterocycles. The van der Waals surface area contributed by atoms with Crippen LogP contribution in [0, 0.1) is 11.3 Å². The summed E-state index contributed by atoms with van der Waals surface area (Å²) in [5.41, 5.74) is 4.09. The Hall–Kier alpha value is -4.17. The maximum atomic E-state index is 12.6. The molecule has 3 heterocycles. The molecular weight excluding hydrogens is 482 g/mol. The van der Waals surface area contributed by atoms with Gasteiger partial charge in [0.15, 0.2) is 5.82 Å². The van der Waals surface area contributed by atoms with E-state index in [1.165, 1.54) is 5.56 Å². The Balaban J connectivity index is 0.941. The zero-order chi connectivity index (χ0) is 25.9. The van der Waals surface area contributed by atoms with Crippen molar-refractivity contribution in [2.45, 2.75) is 62.6 Å². The maximum absolute atomic E-state index is 12.6. The number of benzene rings is 1. The molecule has 11 heteroatoms. The van der Waals surface area contributed by atoms with E-state index in [1.807, 2.05) is 30.3 Å². The molecule has 6 rings (SSSR count). The second kappa shape index (κ2) is 10.7. The smallest absolute Gasteiger partial charge is 0.315 e. The molecule has 2 aromatic heterocycles. The van der Waals surface area contributed by atoms with Crippen LogP contribution in [0.25, 0.3) is 0 Å². The number of fused-ring (bicyclic) bond motifs is 1. The molecule has 11 nitrogen and oxygen atoms in total. The molecule has 1 atom stereocenters. The van der Waals surface area contributed by atoms with Crippen LogP contribution < -0.4 is 21.3 Å². The third-order valence-electron chi connectivity index (χ3n) is 7.59. The number of aromatic nitrogens is 4. The van der Waals surface area contributed by atoms with Gasteiger partial charge in [0.1, 0.15) is 5.82 Å². The van der Waals surface area contributed by atoms with Crippen LogP contribution in [-0.2, 0) is 17.6 Å². The molecule has 196 valence electrons. The quantitative estimate of drug-likeness (QED) is 0.323. The monoisotopic (exact) mass is 513 g/mol. The second-order valence-corrected chi connectivity index (χ2v) is 10.3. The summed E-state index contributed by atoms with van der Waals surface area (Å²) in [4.78, 5) is 21.6. The molecule has 2 fully saturated rings. The number of urea groups is 1. The molecule has 3 aliphatic rings. The van der Waals surface area contributed by atoms with Gasteiger partial charge in [0.2, 0.25) is 5.95 Å². The van der Waals surface area contributed by atoms with E-state index in [9.17, 15) is 4.79 Å². The van der Waals surface area contributed by atoms with Crippen LogP contribution in [0.4, 0.5) is 22.4 Å². The first-order valence-corrected chi connectivity index (χ1v) is 13.2. The number of rotatable bonds is 7. The van der Waals surface area contributed by atoms with Gasteiger partial charge < -0.3 is 26.0 Å². The molecule has 1 aromatic carbocycles. The summed E-state index contributed by atoms with van der Waals surface area (Å²) in [6, 6.07) is 12.1. The number of carbonyl (C=O) groups is 1. The van der Waals surface area contributed by atoms with Gasteiger partial charge in [0.05, 0.1) is 24.8 Å². The lowest BCUT2D eigenvalue weighted by Gasteiger charge is -2.30. The van der Waals surface area contributed by atoms with Crippen molar-refractivity contribution in [3.8, 4) is 6.07 Å². The Morgan fingerprint density at radius 2 is 1.76 bits per heavy atom. The van der Waals surface area contributed by atoms with Crippen molar-refractivity contribution >= 4 is 23.6 Å². The minimum absolute atomic E-state index is 0.0651. The minimum Gasteiger partial charge on any atom is -0.380 e. The van der Waals surface area contributed by atoms with Gasteiger partial charge in [-0.25, -0.2) is 9.78 Å². The van der Waals surface area contributed by atoms with E-state index in [2.05, 4.69) is 47.5 Å². The summed E-state index contributed by atoms with van der Waals surface area (Å²) in [5.74, 6) is 2.35. The summed E-state index contributed by atoms with van der Waals surface area (Å²) < 4.78 is 5.25. The van der Waals surface area contributed by atoms with Gasteiger partial charge in [-0.15, -0.1) is 0 Å². The SMILES string of the molecule is N#Cc1ccc2c(c1)CC(NC(=O)N[C@H]1CC[C@H](Nc3nccc(Nc4cc(C5COC5)[nH]n4)n3)CC1)C2. The molecule has 0 radical (unpaired) electrons. The lowest BCUT2D eigenvalue weighted by molar-refractivity contribution is 0.00670. The van der Waals surface area contributed by atoms with Crippen LogP contribution in [0.5, 0.6) is 0 Å². The highest BCUT2D eigenvalue weighted by atomic mass is 16.5. The number of H-pyrrole nitrogens is 1. The van der Waals surface area contributed by atoms with Crippen LogP contribution in [-0.4, -0.2) is 57.5 Å². The fraction of sp³-hybridized carbons (Fsp3) is 0.444. The van der Waals surface area contributed by atoms with Crippen molar-refractivity contribution in [3.63, 3.8) is 0 Å². The van der Waals surface area contributed by atoms with E-state index in [0.29, 0.717) is 23.2 Å². The fourth-order valence-electron chi connectivity index (χ4n) is 5.42. The topological polar surface area (TPSA) is 153 Å². The molecule has 2 amide bonds. The van der Waals surface area contributed by atoms with E-state index in [4.69, 9.17) is 10.00 Å². The summed E-state index contributed by atoms with van der Waals surface area (Å²) in [7, 11) is 0.